The molecule has 0 saturated carbocycles. The Morgan fingerprint density at radius 1 is 1.56 bits per heavy atom. The van der Waals surface area contributed by atoms with Crippen LogP contribution in [0.1, 0.15) is 12.5 Å². The molecular weight excluding hydrogens is 134 g/mol. The molecule has 1 rings (SSSR count). The van der Waals surface area contributed by atoms with E-state index in [0.29, 0.717) is 5.02 Å². The number of pyridine rings is 1. The summed E-state index contributed by atoms with van der Waals surface area (Å²) in [5.41, 5.74) is 1.06. The molecule has 1 aromatic rings. The van der Waals surface area contributed by atoms with Gasteiger partial charge in [-0.2, -0.15) is 0 Å². The van der Waals surface area contributed by atoms with E-state index < -0.39 is 0 Å². The van der Waals surface area contributed by atoms with E-state index >= 15 is 0 Å². The highest BCUT2D eigenvalue weighted by Crippen LogP contribution is 2.08. The first-order chi connectivity index (χ1) is 4.33. The third kappa shape index (κ3) is 1.68. The van der Waals surface area contributed by atoms with Crippen molar-refractivity contribution in [2.75, 3.05) is 0 Å². The molecule has 0 spiro atoms. The van der Waals surface area contributed by atoms with Gasteiger partial charge in [0.05, 0.1) is 5.02 Å². The topological polar surface area (TPSA) is 12.9 Å². The van der Waals surface area contributed by atoms with Gasteiger partial charge in [-0.1, -0.05) is 18.5 Å². The molecule has 2 heteroatoms. The predicted octanol–water partition coefficient (Wildman–Crippen LogP) is 2.31. The number of rotatable bonds is 1. The summed E-state index contributed by atoms with van der Waals surface area (Å²) in [6, 6.07) is 1.87. The molecule has 1 radical (unpaired) electrons. The molecule has 0 N–H and O–H groups in total. The summed E-state index contributed by atoms with van der Waals surface area (Å²) in [5.74, 6) is 0. The molecule has 0 amide bonds. The van der Waals surface area contributed by atoms with Crippen LogP contribution in [0.2, 0.25) is 5.02 Å². The lowest BCUT2D eigenvalue weighted by Gasteiger charge is -1.92. The number of nitrogens with zero attached hydrogens (tertiary/aromatic N) is 1. The van der Waals surface area contributed by atoms with Gasteiger partial charge in [-0.25, -0.2) is 0 Å². The Labute approximate surface area is 59.7 Å². The first-order valence-corrected chi connectivity index (χ1v) is 3.10. The van der Waals surface area contributed by atoms with Crippen molar-refractivity contribution in [1.82, 2.24) is 4.98 Å². The fourth-order valence-electron chi connectivity index (χ4n) is 0.586. The third-order valence-corrected chi connectivity index (χ3v) is 1.27. The molecule has 0 aliphatic carbocycles. The van der Waals surface area contributed by atoms with Crippen LogP contribution in [0.5, 0.6) is 0 Å². The van der Waals surface area contributed by atoms with Crippen LogP contribution >= 0.6 is 11.6 Å². The van der Waals surface area contributed by atoms with Gasteiger partial charge in [-0.05, 0) is 18.1 Å². The average molecular weight is 141 g/mol. The van der Waals surface area contributed by atoms with Crippen molar-refractivity contribution in [2.45, 2.75) is 6.92 Å². The fraction of sp³-hybridized carbons (Fsp3) is 0.143. The highest BCUT2D eigenvalue weighted by atomic mass is 35.5. The monoisotopic (exact) mass is 140 g/mol. The summed E-state index contributed by atoms with van der Waals surface area (Å²) in [6.45, 7) is 1.95. The number of halogens is 1. The molecule has 47 valence electrons. The number of hydrogen-bond acceptors (Lipinski definition) is 1. The molecule has 0 bridgehead atoms. The van der Waals surface area contributed by atoms with Crippen molar-refractivity contribution in [3.8, 4) is 0 Å². The summed E-state index contributed by atoms with van der Waals surface area (Å²) >= 11 is 5.64. The number of aromatic nitrogens is 1. The Bertz CT molecular complexity index is 198. The average Bonchev–Trinajstić information content (AvgIpc) is 1.88. The normalized spacial score (nSPS) is 9.56. The van der Waals surface area contributed by atoms with E-state index in [-0.39, 0.29) is 0 Å². The summed E-state index contributed by atoms with van der Waals surface area (Å²) in [7, 11) is 0. The molecule has 1 nitrogen and oxygen atoms in total. The van der Waals surface area contributed by atoms with Crippen LogP contribution in [0.25, 0.3) is 0 Å². The first kappa shape index (κ1) is 6.56. The minimum Gasteiger partial charge on any atom is -0.263 e. The molecule has 0 saturated heterocycles. The summed E-state index contributed by atoms with van der Waals surface area (Å²) < 4.78 is 0. The van der Waals surface area contributed by atoms with Gasteiger partial charge in [0.1, 0.15) is 0 Å². The van der Waals surface area contributed by atoms with Crippen LogP contribution in [0, 0.1) is 6.42 Å². The molecule has 0 atom stereocenters. The van der Waals surface area contributed by atoms with Gasteiger partial charge >= 0.3 is 0 Å². The van der Waals surface area contributed by atoms with Gasteiger partial charge in [0.15, 0.2) is 0 Å². The Balaban J connectivity index is 2.94. The predicted molar refractivity (Wildman–Crippen MR) is 38.3 cm³/mol. The Kier molecular flexibility index (Phi) is 2.06. The molecule has 1 heterocycles. The van der Waals surface area contributed by atoms with Gasteiger partial charge < -0.3 is 0 Å². The Hall–Kier alpha value is -0.560. The second-order valence-corrected chi connectivity index (χ2v) is 2.16. The molecule has 0 fully saturated rings. The highest BCUT2D eigenvalue weighted by molar-refractivity contribution is 6.30. The standard InChI is InChI=1S/C7H7ClN/c1-2-6-3-7(8)5-9-4-6/h2-5H,1H3. The van der Waals surface area contributed by atoms with E-state index in [2.05, 4.69) is 4.98 Å². The van der Waals surface area contributed by atoms with E-state index in [0.717, 1.165) is 5.56 Å². The highest BCUT2D eigenvalue weighted by Gasteiger charge is 1.89. The van der Waals surface area contributed by atoms with Crippen LogP contribution < -0.4 is 0 Å². The maximum absolute atomic E-state index is 5.64. The lowest BCUT2D eigenvalue weighted by atomic mass is 10.2. The second kappa shape index (κ2) is 2.83. The van der Waals surface area contributed by atoms with Crippen LogP contribution in [-0.2, 0) is 0 Å². The van der Waals surface area contributed by atoms with Gasteiger partial charge in [-0.3, -0.25) is 4.98 Å². The van der Waals surface area contributed by atoms with Gasteiger partial charge in [0.25, 0.3) is 0 Å². The van der Waals surface area contributed by atoms with Crippen molar-refractivity contribution in [1.29, 1.82) is 0 Å². The first-order valence-electron chi connectivity index (χ1n) is 2.73. The van der Waals surface area contributed by atoms with Gasteiger partial charge in [-0.15, -0.1) is 0 Å². The van der Waals surface area contributed by atoms with Gasteiger partial charge in [0.2, 0.25) is 0 Å². The van der Waals surface area contributed by atoms with Crippen LogP contribution in [0.15, 0.2) is 18.5 Å². The van der Waals surface area contributed by atoms with E-state index in [9.17, 15) is 0 Å². The van der Waals surface area contributed by atoms with E-state index in [4.69, 9.17) is 11.6 Å². The quantitative estimate of drug-likeness (QED) is 0.584. The molecule has 0 unspecified atom stereocenters. The van der Waals surface area contributed by atoms with E-state index in [1.54, 1.807) is 12.4 Å². The van der Waals surface area contributed by atoms with Crippen LogP contribution in [0.3, 0.4) is 0 Å². The minimum absolute atomic E-state index is 0.686. The van der Waals surface area contributed by atoms with E-state index in [1.165, 1.54) is 0 Å². The SMILES string of the molecule is C[CH]c1cncc(Cl)c1. The largest absolute Gasteiger partial charge is 0.263 e. The maximum atomic E-state index is 5.64. The number of hydrogen-bond donors (Lipinski definition) is 0. The zero-order chi connectivity index (χ0) is 6.69. The molecule has 9 heavy (non-hydrogen) atoms. The smallest absolute Gasteiger partial charge is 0.0592 e. The Morgan fingerprint density at radius 3 is 2.78 bits per heavy atom. The van der Waals surface area contributed by atoms with Crippen molar-refractivity contribution in [3.63, 3.8) is 0 Å². The second-order valence-electron chi connectivity index (χ2n) is 1.73. The lowest BCUT2D eigenvalue weighted by molar-refractivity contribution is 1.27. The molecule has 1 aromatic heterocycles. The zero-order valence-corrected chi connectivity index (χ0v) is 5.89. The maximum Gasteiger partial charge on any atom is 0.0592 e. The minimum atomic E-state index is 0.686. The van der Waals surface area contributed by atoms with Crippen molar-refractivity contribution < 1.29 is 0 Å². The summed E-state index contributed by atoms with van der Waals surface area (Å²) in [4.78, 5) is 3.89. The van der Waals surface area contributed by atoms with E-state index in [1.807, 2.05) is 19.4 Å². The molecule has 0 aromatic carbocycles. The fourth-order valence-corrected chi connectivity index (χ4v) is 0.768. The van der Waals surface area contributed by atoms with Crippen LogP contribution in [-0.4, -0.2) is 4.98 Å². The molecule has 0 aliphatic heterocycles. The van der Waals surface area contributed by atoms with Crippen LogP contribution in [0.4, 0.5) is 0 Å². The molecule has 0 aliphatic rings. The Morgan fingerprint density at radius 2 is 2.33 bits per heavy atom. The van der Waals surface area contributed by atoms with Gasteiger partial charge in [0, 0.05) is 12.4 Å². The third-order valence-electron chi connectivity index (χ3n) is 1.06. The summed E-state index contributed by atoms with van der Waals surface area (Å²) in [6.07, 6.45) is 5.35. The lowest BCUT2D eigenvalue weighted by Crippen LogP contribution is -1.78. The zero-order valence-electron chi connectivity index (χ0n) is 5.13. The van der Waals surface area contributed by atoms with Crippen molar-refractivity contribution >= 4 is 11.6 Å². The van der Waals surface area contributed by atoms with Crippen molar-refractivity contribution in [2.24, 2.45) is 0 Å². The summed E-state index contributed by atoms with van der Waals surface area (Å²) in [5, 5.41) is 0.686. The van der Waals surface area contributed by atoms with Crippen molar-refractivity contribution in [3.05, 3.63) is 35.5 Å². The molecular formula is C7H7ClN.